The Hall–Kier alpha value is -1.46. The number of amides is 1. The largest absolute Gasteiger partial charge is 0.337 e. The van der Waals surface area contributed by atoms with Crippen molar-refractivity contribution in [1.82, 2.24) is 14.5 Å². The Bertz CT molecular complexity index is 626. The highest BCUT2D eigenvalue weighted by Gasteiger charge is 2.29. The zero-order valence-corrected chi connectivity index (χ0v) is 12.6. The van der Waals surface area contributed by atoms with Gasteiger partial charge in [0.25, 0.3) is 5.91 Å². The fourth-order valence-electron chi connectivity index (χ4n) is 2.52. The molecule has 2 aromatic rings. The molecule has 1 amide bonds. The molecule has 1 aliphatic heterocycles. The minimum Gasteiger partial charge on any atom is -0.337 e. The van der Waals surface area contributed by atoms with Gasteiger partial charge in [-0.2, -0.15) is 0 Å². The smallest absolute Gasteiger partial charge is 0.267 e. The van der Waals surface area contributed by atoms with Gasteiger partial charge in [-0.1, -0.05) is 28.2 Å². The molecular weight excluding hydrogens is 294 g/mol. The van der Waals surface area contributed by atoms with E-state index >= 15 is 0 Å². The van der Waals surface area contributed by atoms with Crippen LogP contribution in [-0.4, -0.2) is 33.5 Å². The molecule has 1 aromatic heterocycles. The summed E-state index contributed by atoms with van der Waals surface area (Å²) in [5, 5.41) is 4.64. The molecule has 1 atom stereocenters. The van der Waals surface area contributed by atoms with E-state index in [9.17, 15) is 4.79 Å². The molecule has 1 saturated heterocycles. The number of likely N-dealkylation sites (tertiary alicyclic amines) is 1. The van der Waals surface area contributed by atoms with Gasteiger partial charge in [-0.3, -0.25) is 4.79 Å². The first kappa shape index (κ1) is 13.5. The lowest BCUT2D eigenvalue weighted by atomic mass is 9.99. The van der Waals surface area contributed by atoms with E-state index in [4.69, 9.17) is 11.6 Å². The second-order valence-electron chi connectivity index (χ2n) is 4.98. The van der Waals surface area contributed by atoms with Crippen molar-refractivity contribution in [1.29, 1.82) is 0 Å². The van der Waals surface area contributed by atoms with E-state index in [1.54, 1.807) is 0 Å². The van der Waals surface area contributed by atoms with Crippen molar-refractivity contribution in [3.05, 3.63) is 45.4 Å². The molecule has 1 unspecified atom stereocenters. The van der Waals surface area contributed by atoms with E-state index in [0.29, 0.717) is 10.8 Å². The number of benzene rings is 1. The van der Waals surface area contributed by atoms with Crippen molar-refractivity contribution < 1.29 is 4.79 Å². The number of hydrogen-bond donors (Lipinski definition) is 0. The predicted octanol–water partition coefficient (Wildman–Crippen LogP) is 3.13. The SMILES string of the molecule is Cc1nnsc1C(=O)N1CCC(c2ccc(Cl)cc2)C1. The minimum atomic E-state index is 0.0500. The van der Waals surface area contributed by atoms with Crippen LogP contribution in [0, 0.1) is 6.92 Å². The third-order valence-electron chi connectivity index (χ3n) is 3.66. The fourth-order valence-corrected chi connectivity index (χ4v) is 3.27. The Morgan fingerprint density at radius 2 is 2.15 bits per heavy atom. The van der Waals surface area contributed by atoms with E-state index in [2.05, 4.69) is 9.59 Å². The van der Waals surface area contributed by atoms with Gasteiger partial charge in [-0.15, -0.1) is 5.10 Å². The van der Waals surface area contributed by atoms with Crippen LogP contribution in [0.3, 0.4) is 0 Å². The number of halogens is 1. The molecule has 6 heteroatoms. The van der Waals surface area contributed by atoms with Crippen molar-refractivity contribution in [3.8, 4) is 0 Å². The molecule has 0 aliphatic carbocycles. The molecule has 1 aliphatic rings. The Morgan fingerprint density at radius 3 is 2.80 bits per heavy atom. The first-order valence-corrected chi connectivity index (χ1v) is 7.64. The van der Waals surface area contributed by atoms with Gasteiger partial charge in [0.2, 0.25) is 0 Å². The predicted molar refractivity (Wildman–Crippen MR) is 79.4 cm³/mol. The standard InChI is InChI=1S/C14H14ClN3OS/c1-9-13(20-17-16-9)14(19)18-7-6-11(8-18)10-2-4-12(15)5-3-10/h2-5,11H,6-8H2,1H3. The van der Waals surface area contributed by atoms with Crippen LogP contribution in [0.4, 0.5) is 0 Å². The van der Waals surface area contributed by atoms with E-state index in [1.165, 1.54) is 17.1 Å². The third kappa shape index (κ3) is 2.55. The van der Waals surface area contributed by atoms with Crippen LogP contribution in [0.2, 0.25) is 5.02 Å². The molecule has 0 N–H and O–H groups in total. The van der Waals surface area contributed by atoms with Crippen LogP contribution < -0.4 is 0 Å². The summed E-state index contributed by atoms with van der Waals surface area (Å²) in [5.41, 5.74) is 1.96. The van der Waals surface area contributed by atoms with Crippen molar-refractivity contribution in [3.63, 3.8) is 0 Å². The lowest BCUT2D eigenvalue weighted by molar-refractivity contribution is 0.0794. The van der Waals surface area contributed by atoms with Crippen LogP contribution in [0.15, 0.2) is 24.3 Å². The van der Waals surface area contributed by atoms with Crippen LogP contribution in [0.1, 0.15) is 33.3 Å². The summed E-state index contributed by atoms with van der Waals surface area (Å²) >= 11 is 7.08. The number of carbonyl (C=O) groups is 1. The van der Waals surface area contributed by atoms with Crippen LogP contribution >= 0.6 is 23.1 Å². The number of aromatic nitrogens is 2. The van der Waals surface area contributed by atoms with Gasteiger partial charge < -0.3 is 4.90 Å². The summed E-state index contributed by atoms with van der Waals surface area (Å²) in [6.45, 7) is 3.35. The second-order valence-corrected chi connectivity index (χ2v) is 6.17. The molecule has 1 aromatic carbocycles. The number of rotatable bonds is 2. The summed E-state index contributed by atoms with van der Waals surface area (Å²) in [6, 6.07) is 7.89. The summed E-state index contributed by atoms with van der Waals surface area (Å²) in [5.74, 6) is 0.436. The van der Waals surface area contributed by atoms with Crippen LogP contribution in [-0.2, 0) is 0 Å². The number of nitrogens with zero attached hydrogens (tertiary/aromatic N) is 3. The molecule has 0 spiro atoms. The van der Waals surface area contributed by atoms with E-state index in [0.717, 1.165) is 30.2 Å². The molecule has 20 heavy (non-hydrogen) atoms. The van der Waals surface area contributed by atoms with Crippen molar-refractivity contribution in [2.45, 2.75) is 19.3 Å². The first-order chi connectivity index (χ1) is 9.65. The summed E-state index contributed by atoms with van der Waals surface area (Å²) < 4.78 is 3.83. The van der Waals surface area contributed by atoms with Crippen molar-refractivity contribution in [2.24, 2.45) is 0 Å². The van der Waals surface area contributed by atoms with Gasteiger partial charge in [0.05, 0.1) is 5.69 Å². The average Bonchev–Trinajstić information content (AvgIpc) is 3.08. The fraction of sp³-hybridized carbons (Fsp3) is 0.357. The molecule has 0 bridgehead atoms. The number of hydrogen-bond acceptors (Lipinski definition) is 4. The Kier molecular flexibility index (Phi) is 3.72. The molecule has 2 heterocycles. The first-order valence-electron chi connectivity index (χ1n) is 6.49. The van der Waals surface area contributed by atoms with E-state index < -0.39 is 0 Å². The maximum atomic E-state index is 12.4. The van der Waals surface area contributed by atoms with Gasteiger partial charge in [-0.25, -0.2) is 0 Å². The lowest BCUT2D eigenvalue weighted by Gasteiger charge is -2.15. The zero-order chi connectivity index (χ0) is 14.1. The Morgan fingerprint density at radius 1 is 1.40 bits per heavy atom. The maximum absolute atomic E-state index is 12.4. The lowest BCUT2D eigenvalue weighted by Crippen LogP contribution is -2.28. The second kappa shape index (κ2) is 5.50. The van der Waals surface area contributed by atoms with E-state index in [-0.39, 0.29) is 5.91 Å². The molecule has 4 nitrogen and oxygen atoms in total. The normalized spacial score (nSPS) is 18.5. The Labute approximate surface area is 126 Å². The number of aryl methyl sites for hydroxylation is 1. The van der Waals surface area contributed by atoms with Gasteiger partial charge >= 0.3 is 0 Å². The maximum Gasteiger partial charge on any atom is 0.267 e. The highest BCUT2D eigenvalue weighted by Crippen LogP contribution is 2.29. The average molecular weight is 308 g/mol. The van der Waals surface area contributed by atoms with Gasteiger partial charge in [0.15, 0.2) is 0 Å². The third-order valence-corrected chi connectivity index (χ3v) is 4.73. The molecule has 0 saturated carbocycles. The van der Waals surface area contributed by atoms with Gasteiger partial charge in [0, 0.05) is 24.0 Å². The van der Waals surface area contributed by atoms with Gasteiger partial charge in [0.1, 0.15) is 4.88 Å². The molecular formula is C14H14ClN3OS. The molecule has 3 rings (SSSR count). The summed E-state index contributed by atoms with van der Waals surface area (Å²) in [7, 11) is 0. The Balaban J connectivity index is 1.72. The van der Waals surface area contributed by atoms with Crippen molar-refractivity contribution >= 4 is 29.0 Å². The van der Waals surface area contributed by atoms with Gasteiger partial charge in [-0.05, 0) is 42.6 Å². The van der Waals surface area contributed by atoms with E-state index in [1.807, 2.05) is 36.1 Å². The zero-order valence-electron chi connectivity index (χ0n) is 11.0. The van der Waals surface area contributed by atoms with Crippen LogP contribution in [0.25, 0.3) is 0 Å². The van der Waals surface area contributed by atoms with Crippen molar-refractivity contribution in [2.75, 3.05) is 13.1 Å². The molecule has 104 valence electrons. The summed E-state index contributed by atoms with van der Waals surface area (Å²) in [4.78, 5) is 14.9. The molecule has 0 radical (unpaired) electrons. The quantitative estimate of drug-likeness (QED) is 0.856. The summed E-state index contributed by atoms with van der Waals surface area (Å²) in [6.07, 6.45) is 0.985. The highest BCUT2D eigenvalue weighted by molar-refractivity contribution is 7.07. The minimum absolute atomic E-state index is 0.0500. The highest BCUT2D eigenvalue weighted by atomic mass is 35.5. The topological polar surface area (TPSA) is 46.1 Å². The number of carbonyl (C=O) groups excluding carboxylic acids is 1. The molecule has 1 fully saturated rings. The monoisotopic (exact) mass is 307 g/mol. The van der Waals surface area contributed by atoms with Crippen LogP contribution in [0.5, 0.6) is 0 Å².